The molecule has 160 valence electrons. The molecule has 9 heteroatoms. The lowest BCUT2D eigenvalue weighted by Gasteiger charge is -2.31. The maximum absolute atomic E-state index is 13.1. The summed E-state index contributed by atoms with van der Waals surface area (Å²) >= 11 is 3.09. The number of nitrogens with one attached hydrogen (secondary N) is 1. The smallest absolute Gasteiger partial charge is 0.254 e. The van der Waals surface area contributed by atoms with Gasteiger partial charge in [-0.2, -0.15) is 0 Å². The number of anilines is 2. The van der Waals surface area contributed by atoms with Gasteiger partial charge in [0, 0.05) is 29.7 Å². The van der Waals surface area contributed by atoms with Gasteiger partial charge in [0.05, 0.1) is 16.3 Å². The molecule has 1 saturated heterocycles. The average Bonchev–Trinajstić information content (AvgIpc) is 3.22. The Balaban J connectivity index is 1.47. The highest BCUT2D eigenvalue weighted by Gasteiger charge is 2.28. The summed E-state index contributed by atoms with van der Waals surface area (Å²) in [6, 6.07) is 11.5. The SMILES string of the molecule is Cc1ccc(Sc2cnc(Nc3ccccn3)s2)cc1C(=O)N1CCCC(C(N)=O)C1. The zero-order chi connectivity index (χ0) is 21.8. The summed E-state index contributed by atoms with van der Waals surface area (Å²) in [5.74, 6) is 0.0942. The van der Waals surface area contributed by atoms with Crippen molar-refractivity contribution < 1.29 is 9.59 Å². The monoisotopic (exact) mass is 453 g/mol. The molecule has 3 aromatic rings. The van der Waals surface area contributed by atoms with Gasteiger partial charge in [0.2, 0.25) is 5.91 Å². The van der Waals surface area contributed by atoms with E-state index in [1.54, 1.807) is 22.9 Å². The first-order chi connectivity index (χ1) is 15.0. The maximum atomic E-state index is 13.1. The van der Waals surface area contributed by atoms with Crippen LogP contribution < -0.4 is 11.1 Å². The molecular formula is C22H23N5O2S2. The van der Waals surface area contributed by atoms with Gasteiger partial charge in [-0.15, -0.1) is 0 Å². The van der Waals surface area contributed by atoms with Crippen molar-refractivity contribution in [3.8, 4) is 0 Å². The van der Waals surface area contributed by atoms with E-state index in [9.17, 15) is 9.59 Å². The highest BCUT2D eigenvalue weighted by molar-refractivity contribution is 8.01. The van der Waals surface area contributed by atoms with Crippen LogP contribution in [0.2, 0.25) is 0 Å². The van der Waals surface area contributed by atoms with Gasteiger partial charge in [-0.3, -0.25) is 9.59 Å². The second-order valence-electron chi connectivity index (χ2n) is 7.40. The molecule has 1 atom stereocenters. The van der Waals surface area contributed by atoms with Crippen molar-refractivity contribution in [1.29, 1.82) is 0 Å². The summed E-state index contributed by atoms with van der Waals surface area (Å²) in [6.07, 6.45) is 5.07. The van der Waals surface area contributed by atoms with E-state index >= 15 is 0 Å². The van der Waals surface area contributed by atoms with E-state index in [1.807, 2.05) is 49.5 Å². The fourth-order valence-electron chi connectivity index (χ4n) is 3.49. The van der Waals surface area contributed by atoms with Gasteiger partial charge in [0.1, 0.15) is 5.82 Å². The Morgan fingerprint density at radius 2 is 2.13 bits per heavy atom. The quantitative estimate of drug-likeness (QED) is 0.583. The summed E-state index contributed by atoms with van der Waals surface area (Å²) in [7, 11) is 0. The Hall–Kier alpha value is -2.91. The number of primary amides is 1. The van der Waals surface area contributed by atoms with Crippen LogP contribution in [-0.4, -0.2) is 39.8 Å². The van der Waals surface area contributed by atoms with Crippen LogP contribution in [0.4, 0.5) is 10.9 Å². The zero-order valence-electron chi connectivity index (χ0n) is 17.1. The highest BCUT2D eigenvalue weighted by Crippen LogP contribution is 2.35. The number of piperidine rings is 1. The minimum atomic E-state index is -0.334. The predicted molar refractivity (Wildman–Crippen MR) is 123 cm³/mol. The number of aryl methyl sites for hydroxylation is 1. The molecule has 0 saturated carbocycles. The molecule has 0 spiro atoms. The number of carbonyl (C=O) groups is 2. The van der Waals surface area contributed by atoms with Crippen molar-refractivity contribution in [2.45, 2.75) is 28.9 Å². The van der Waals surface area contributed by atoms with Crippen molar-refractivity contribution in [2.75, 3.05) is 18.4 Å². The van der Waals surface area contributed by atoms with Gasteiger partial charge in [0.25, 0.3) is 5.91 Å². The van der Waals surface area contributed by atoms with Crippen LogP contribution in [0.3, 0.4) is 0 Å². The van der Waals surface area contributed by atoms with Crippen LogP contribution in [-0.2, 0) is 4.79 Å². The molecule has 0 aliphatic carbocycles. The number of nitrogens with zero attached hydrogens (tertiary/aromatic N) is 3. The number of carbonyl (C=O) groups excluding carboxylic acids is 2. The Bertz CT molecular complexity index is 1090. The van der Waals surface area contributed by atoms with Gasteiger partial charge in [-0.1, -0.05) is 35.2 Å². The van der Waals surface area contributed by atoms with E-state index in [4.69, 9.17) is 5.73 Å². The number of likely N-dealkylation sites (tertiary alicyclic amines) is 1. The minimum absolute atomic E-state index is 0.0484. The molecule has 1 unspecified atom stereocenters. The first kappa shape index (κ1) is 21.3. The second-order valence-corrected chi connectivity index (χ2v) is 9.80. The van der Waals surface area contributed by atoms with Crippen molar-refractivity contribution in [3.63, 3.8) is 0 Å². The molecular weight excluding hydrogens is 430 g/mol. The molecule has 31 heavy (non-hydrogen) atoms. The van der Waals surface area contributed by atoms with E-state index in [0.717, 1.165) is 38.5 Å². The van der Waals surface area contributed by atoms with Crippen LogP contribution in [0.25, 0.3) is 0 Å². The molecule has 2 aromatic heterocycles. The van der Waals surface area contributed by atoms with Crippen molar-refractivity contribution in [1.82, 2.24) is 14.9 Å². The number of nitrogens with two attached hydrogens (primary N) is 1. The van der Waals surface area contributed by atoms with Crippen molar-refractivity contribution in [3.05, 3.63) is 59.9 Å². The predicted octanol–water partition coefficient (Wildman–Crippen LogP) is 4.08. The van der Waals surface area contributed by atoms with E-state index in [-0.39, 0.29) is 17.7 Å². The molecule has 1 aromatic carbocycles. The van der Waals surface area contributed by atoms with Crippen LogP contribution in [0.15, 0.2) is 57.9 Å². The van der Waals surface area contributed by atoms with Crippen molar-refractivity contribution in [2.24, 2.45) is 11.7 Å². The van der Waals surface area contributed by atoms with Gasteiger partial charge < -0.3 is 16.0 Å². The Labute approximate surface area is 189 Å². The largest absolute Gasteiger partial charge is 0.369 e. The summed E-state index contributed by atoms with van der Waals surface area (Å²) < 4.78 is 1.01. The molecule has 1 fully saturated rings. The van der Waals surface area contributed by atoms with Crippen LogP contribution in [0, 0.1) is 12.8 Å². The number of amides is 2. The summed E-state index contributed by atoms with van der Waals surface area (Å²) in [5, 5.41) is 3.95. The Morgan fingerprint density at radius 3 is 2.90 bits per heavy atom. The van der Waals surface area contributed by atoms with Crippen molar-refractivity contribution >= 4 is 45.9 Å². The number of benzene rings is 1. The Morgan fingerprint density at radius 1 is 1.26 bits per heavy atom. The van der Waals surface area contributed by atoms with Crippen LogP contribution in [0.1, 0.15) is 28.8 Å². The minimum Gasteiger partial charge on any atom is -0.369 e. The maximum Gasteiger partial charge on any atom is 0.254 e. The lowest BCUT2D eigenvalue weighted by Crippen LogP contribution is -2.44. The molecule has 3 heterocycles. The van der Waals surface area contributed by atoms with Gasteiger partial charge in [-0.05, 0) is 49.6 Å². The molecule has 0 bridgehead atoms. The molecule has 1 aliphatic heterocycles. The van der Waals surface area contributed by atoms with E-state index in [1.165, 1.54) is 11.3 Å². The fraction of sp³-hybridized carbons (Fsp3) is 0.273. The zero-order valence-corrected chi connectivity index (χ0v) is 18.7. The number of hydrogen-bond acceptors (Lipinski definition) is 7. The summed E-state index contributed by atoms with van der Waals surface area (Å²) in [6.45, 7) is 2.97. The third-order valence-electron chi connectivity index (χ3n) is 5.15. The molecule has 2 amide bonds. The van der Waals surface area contributed by atoms with Gasteiger partial charge >= 0.3 is 0 Å². The fourth-order valence-corrected chi connectivity index (χ4v) is 5.39. The lowest BCUT2D eigenvalue weighted by molar-refractivity contribution is -0.123. The number of hydrogen-bond donors (Lipinski definition) is 2. The van der Waals surface area contributed by atoms with Crippen LogP contribution >= 0.6 is 23.1 Å². The average molecular weight is 454 g/mol. The number of pyridine rings is 1. The second kappa shape index (κ2) is 9.49. The lowest BCUT2D eigenvalue weighted by atomic mass is 9.96. The number of rotatable bonds is 6. The summed E-state index contributed by atoms with van der Waals surface area (Å²) in [4.78, 5) is 36.1. The molecule has 4 rings (SSSR count). The first-order valence-corrected chi connectivity index (χ1v) is 11.6. The Kier molecular flexibility index (Phi) is 6.53. The van der Waals surface area contributed by atoms with Crippen LogP contribution in [0.5, 0.6) is 0 Å². The van der Waals surface area contributed by atoms with E-state index in [2.05, 4.69) is 15.3 Å². The molecule has 0 radical (unpaired) electrons. The topological polar surface area (TPSA) is 101 Å². The summed E-state index contributed by atoms with van der Waals surface area (Å²) in [5.41, 5.74) is 7.04. The van der Waals surface area contributed by atoms with Gasteiger partial charge in [0.15, 0.2) is 5.13 Å². The normalized spacial score (nSPS) is 16.2. The first-order valence-electron chi connectivity index (χ1n) is 10.0. The molecule has 1 aliphatic rings. The number of thiazole rings is 1. The molecule has 7 nitrogen and oxygen atoms in total. The van der Waals surface area contributed by atoms with E-state index in [0.29, 0.717) is 18.7 Å². The third kappa shape index (κ3) is 5.23. The molecule has 3 N–H and O–H groups in total. The van der Waals surface area contributed by atoms with E-state index < -0.39 is 0 Å². The number of aromatic nitrogens is 2. The van der Waals surface area contributed by atoms with Gasteiger partial charge in [-0.25, -0.2) is 9.97 Å². The third-order valence-corrected chi connectivity index (χ3v) is 7.16. The highest BCUT2D eigenvalue weighted by atomic mass is 32.2. The standard InChI is InChI=1S/C22H23N5O2S2/c1-14-7-8-16(11-17(14)21(29)27-10-4-5-15(13-27)20(23)28)30-19-12-25-22(31-19)26-18-6-2-3-9-24-18/h2-3,6-9,11-12,15H,4-5,10,13H2,1H3,(H2,23,28)(H,24,25,26).